The first kappa shape index (κ1) is 23.1. The number of aliphatic imine (C=N–C) groups is 1. The molecule has 1 aliphatic rings. The van der Waals surface area contributed by atoms with Crippen molar-refractivity contribution in [2.24, 2.45) is 4.99 Å². The Morgan fingerprint density at radius 1 is 1.06 bits per heavy atom. The highest BCUT2D eigenvalue weighted by Crippen LogP contribution is 2.37. The first-order valence-corrected chi connectivity index (χ1v) is 12.4. The van der Waals surface area contributed by atoms with Gasteiger partial charge in [0.15, 0.2) is 5.17 Å². The summed E-state index contributed by atoms with van der Waals surface area (Å²) in [7, 11) is 0. The topological polar surface area (TPSA) is 50.7 Å². The molecule has 3 aromatic rings. The monoisotopic (exact) mass is 590 g/mol. The number of carbonyl (C=O) groups excluding carboxylic acids is 1. The van der Waals surface area contributed by atoms with Crippen molar-refractivity contribution in [1.82, 2.24) is 5.32 Å². The number of halogens is 3. The van der Waals surface area contributed by atoms with Gasteiger partial charge in [0.1, 0.15) is 12.4 Å². The van der Waals surface area contributed by atoms with E-state index >= 15 is 0 Å². The van der Waals surface area contributed by atoms with Gasteiger partial charge in [0.05, 0.1) is 19.5 Å². The Bertz CT molecular complexity index is 1200. The largest absolute Gasteiger partial charge is 0.487 e. The van der Waals surface area contributed by atoms with E-state index in [-0.39, 0.29) is 5.91 Å². The van der Waals surface area contributed by atoms with Crippen LogP contribution in [-0.2, 0) is 11.4 Å². The highest BCUT2D eigenvalue weighted by molar-refractivity contribution is 9.11. The molecule has 0 saturated carbocycles. The molecule has 0 spiro atoms. The SMILES string of the molecule is Cc1ccc(N=C2NC(=O)/C(=C/c3cc(Br)c(OCc4ccc(Cl)cc4)c(Br)c3)S2)cc1. The number of nitrogens with zero attached hydrogens (tertiary/aromatic N) is 1. The summed E-state index contributed by atoms with van der Waals surface area (Å²) in [5.41, 5.74) is 3.83. The van der Waals surface area contributed by atoms with Crippen LogP contribution in [0.15, 0.2) is 79.5 Å². The molecular weight excluding hydrogens is 576 g/mol. The lowest BCUT2D eigenvalue weighted by atomic mass is 10.2. The Morgan fingerprint density at radius 3 is 2.38 bits per heavy atom. The van der Waals surface area contributed by atoms with E-state index in [1.165, 1.54) is 11.8 Å². The van der Waals surface area contributed by atoms with E-state index in [1.54, 1.807) is 0 Å². The lowest BCUT2D eigenvalue weighted by Crippen LogP contribution is -2.19. The van der Waals surface area contributed by atoms with Crippen molar-refractivity contribution in [3.8, 4) is 5.75 Å². The molecule has 162 valence electrons. The summed E-state index contributed by atoms with van der Waals surface area (Å²) in [6.45, 7) is 2.43. The first-order chi connectivity index (χ1) is 15.4. The Labute approximate surface area is 212 Å². The van der Waals surface area contributed by atoms with Crippen molar-refractivity contribution in [2.45, 2.75) is 13.5 Å². The number of amidine groups is 1. The van der Waals surface area contributed by atoms with E-state index in [4.69, 9.17) is 16.3 Å². The Balaban J connectivity index is 1.49. The van der Waals surface area contributed by atoms with Crippen LogP contribution in [0.3, 0.4) is 0 Å². The molecule has 0 aliphatic carbocycles. The van der Waals surface area contributed by atoms with Gasteiger partial charge in [0.25, 0.3) is 5.91 Å². The van der Waals surface area contributed by atoms with Crippen molar-refractivity contribution in [3.63, 3.8) is 0 Å². The van der Waals surface area contributed by atoms with Crippen LogP contribution in [0.1, 0.15) is 16.7 Å². The standard InChI is InChI=1S/C24H17Br2ClN2O2S/c1-14-2-8-18(9-3-14)28-24-29-23(30)21(32-24)12-16-10-19(25)22(20(26)11-16)31-13-15-4-6-17(27)7-5-15/h2-12H,13H2,1H3,(H,28,29,30)/b21-12-. The maximum atomic E-state index is 12.4. The summed E-state index contributed by atoms with van der Waals surface area (Å²) in [5.74, 6) is 0.517. The van der Waals surface area contributed by atoms with E-state index in [1.807, 2.05) is 73.7 Å². The highest BCUT2D eigenvalue weighted by Gasteiger charge is 2.24. The molecule has 1 fully saturated rings. The van der Waals surface area contributed by atoms with E-state index in [9.17, 15) is 4.79 Å². The van der Waals surface area contributed by atoms with Crippen LogP contribution in [0.25, 0.3) is 6.08 Å². The van der Waals surface area contributed by atoms with E-state index < -0.39 is 0 Å². The molecule has 1 amide bonds. The van der Waals surface area contributed by atoms with Crippen molar-refractivity contribution in [1.29, 1.82) is 0 Å². The fourth-order valence-corrected chi connectivity index (χ4v) is 5.32. The molecule has 0 atom stereocenters. The summed E-state index contributed by atoms with van der Waals surface area (Å²) in [6, 6.07) is 19.2. The molecular formula is C24H17Br2ClN2O2S. The number of amides is 1. The third-order valence-corrected chi connectivity index (χ3v) is 6.87. The molecule has 1 aliphatic heterocycles. The van der Waals surface area contributed by atoms with Gasteiger partial charge in [-0.1, -0.05) is 41.4 Å². The first-order valence-electron chi connectivity index (χ1n) is 9.60. The number of hydrogen-bond donors (Lipinski definition) is 1. The van der Waals surface area contributed by atoms with Gasteiger partial charge in [-0.3, -0.25) is 4.79 Å². The predicted molar refractivity (Wildman–Crippen MR) is 140 cm³/mol. The minimum Gasteiger partial charge on any atom is -0.487 e. The molecule has 1 N–H and O–H groups in total. The van der Waals surface area contributed by atoms with Crippen LogP contribution in [0.5, 0.6) is 5.75 Å². The Hall–Kier alpha value is -2.06. The number of nitrogens with one attached hydrogen (secondary N) is 1. The second-order valence-corrected chi connectivity index (χ2v) is 10.2. The number of rotatable bonds is 5. The Kier molecular flexibility index (Phi) is 7.40. The lowest BCUT2D eigenvalue weighted by molar-refractivity contribution is -0.115. The fourth-order valence-electron chi connectivity index (χ4n) is 2.91. The highest BCUT2D eigenvalue weighted by atomic mass is 79.9. The number of benzene rings is 3. The van der Waals surface area contributed by atoms with Crippen molar-refractivity contribution < 1.29 is 9.53 Å². The van der Waals surface area contributed by atoms with Crippen LogP contribution in [0.2, 0.25) is 5.02 Å². The van der Waals surface area contributed by atoms with Crippen LogP contribution in [-0.4, -0.2) is 11.1 Å². The van der Waals surface area contributed by atoms with Crippen molar-refractivity contribution in [3.05, 3.63) is 96.2 Å². The van der Waals surface area contributed by atoms with E-state index in [0.29, 0.717) is 27.5 Å². The summed E-state index contributed by atoms with van der Waals surface area (Å²) in [5, 5.41) is 4.07. The molecule has 1 saturated heterocycles. The van der Waals surface area contributed by atoms with Gasteiger partial charge in [0, 0.05) is 5.02 Å². The molecule has 8 heteroatoms. The average Bonchev–Trinajstić information content (AvgIpc) is 3.09. The van der Waals surface area contributed by atoms with Gasteiger partial charge in [-0.15, -0.1) is 0 Å². The molecule has 32 heavy (non-hydrogen) atoms. The Morgan fingerprint density at radius 2 is 1.72 bits per heavy atom. The van der Waals surface area contributed by atoms with E-state index in [0.717, 1.165) is 31.3 Å². The summed E-state index contributed by atoms with van der Waals surface area (Å²) in [6.07, 6.45) is 1.83. The molecule has 0 radical (unpaired) electrons. The second kappa shape index (κ2) is 10.3. The zero-order valence-electron chi connectivity index (χ0n) is 16.9. The smallest absolute Gasteiger partial charge is 0.264 e. The maximum absolute atomic E-state index is 12.4. The number of ether oxygens (including phenoxy) is 1. The molecule has 0 aromatic heterocycles. The van der Waals surface area contributed by atoms with Crippen LogP contribution in [0.4, 0.5) is 5.69 Å². The van der Waals surface area contributed by atoms with Crippen LogP contribution in [0, 0.1) is 6.92 Å². The number of hydrogen-bond acceptors (Lipinski definition) is 4. The second-order valence-electron chi connectivity index (χ2n) is 7.05. The lowest BCUT2D eigenvalue weighted by Gasteiger charge is -2.11. The van der Waals surface area contributed by atoms with Crippen molar-refractivity contribution >= 4 is 78.1 Å². The maximum Gasteiger partial charge on any atom is 0.264 e. The van der Waals surface area contributed by atoms with Gasteiger partial charge in [0.2, 0.25) is 0 Å². The minimum absolute atomic E-state index is 0.170. The summed E-state index contributed by atoms with van der Waals surface area (Å²) in [4.78, 5) is 17.5. The zero-order valence-corrected chi connectivity index (χ0v) is 21.6. The van der Waals surface area contributed by atoms with Gasteiger partial charge in [-0.2, -0.15) is 0 Å². The molecule has 0 bridgehead atoms. The van der Waals surface area contributed by atoms with Crippen molar-refractivity contribution in [2.75, 3.05) is 0 Å². The summed E-state index contributed by atoms with van der Waals surface area (Å²) >= 11 is 14.4. The number of carbonyl (C=O) groups is 1. The van der Waals surface area contributed by atoms with Gasteiger partial charge in [-0.25, -0.2) is 4.99 Å². The fraction of sp³-hybridized carbons (Fsp3) is 0.0833. The predicted octanol–water partition coefficient (Wildman–Crippen LogP) is 7.64. The normalized spacial score (nSPS) is 15.9. The summed E-state index contributed by atoms with van der Waals surface area (Å²) < 4.78 is 7.53. The third-order valence-electron chi connectivity index (χ3n) is 4.53. The van der Waals surface area contributed by atoms with Crippen LogP contribution < -0.4 is 10.1 Å². The van der Waals surface area contributed by atoms with E-state index in [2.05, 4.69) is 42.2 Å². The van der Waals surface area contributed by atoms with Gasteiger partial charge in [-0.05, 0) is 104 Å². The van der Waals surface area contributed by atoms with Gasteiger partial charge < -0.3 is 10.1 Å². The average molecular weight is 593 g/mol. The molecule has 1 heterocycles. The number of aryl methyl sites for hydroxylation is 1. The molecule has 4 nitrogen and oxygen atoms in total. The minimum atomic E-state index is -0.170. The van der Waals surface area contributed by atoms with Crippen LogP contribution >= 0.6 is 55.2 Å². The number of thioether (sulfide) groups is 1. The van der Waals surface area contributed by atoms with Gasteiger partial charge >= 0.3 is 0 Å². The molecule has 3 aromatic carbocycles. The third kappa shape index (κ3) is 5.84. The zero-order chi connectivity index (χ0) is 22.7. The molecule has 4 rings (SSSR count). The molecule has 0 unspecified atom stereocenters. The quantitative estimate of drug-likeness (QED) is 0.310.